The number of nitrogens with zero attached hydrogens (tertiary/aromatic N) is 1. The molecule has 5 heteroatoms. The van der Waals surface area contributed by atoms with Crippen molar-refractivity contribution in [2.24, 2.45) is 0 Å². The number of aromatic nitrogens is 1. The second kappa shape index (κ2) is 3.48. The van der Waals surface area contributed by atoms with E-state index in [1.807, 2.05) is 0 Å². The number of aromatic carboxylic acids is 1. The van der Waals surface area contributed by atoms with Crippen molar-refractivity contribution in [1.82, 2.24) is 4.98 Å². The number of rotatable bonds is 3. The highest BCUT2D eigenvalue weighted by atomic mass is 16.5. The second-order valence-electron chi connectivity index (χ2n) is 4.18. The predicted octanol–water partition coefficient (Wildman–Crippen LogP) is 2.38. The number of aryl methyl sites for hydroxylation is 1. The summed E-state index contributed by atoms with van der Waals surface area (Å²) in [5, 5.41) is 9.01. The van der Waals surface area contributed by atoms with E-state index in [-0.39, 0.29) is 11.7 Å². The number of benzene rings is 1. The lowest BCUT2D eigenvalue weighted by Gasteiger charge is -2.05. The quantitative estimate of drug-likeness (QED) is 0.881. The maximum atomic E-state index is 11.0. The summed E-state index contributed by atoms with van der Waals surface area (Å²) in [6.07, 6.45) is 2.21. The maximum absolute atomic E-state index is 11.0. The van der Waals surface area contributed by atoms with Gasteiger partial charge in [-0.2, -0.15) is 0 Å². The molecular formula is C12H11NO4. The van der Waals surface area contributed by atoms with Crippen LogP contribution in [0.3, 0.4) is 0 Å². The Bertz CT molecular complexity index is 598. The number of carboxylic acids is 1. The van der Waals surface area contributed by atoms with Crippen LogP contribution in [0, 0.1) is 6.92 Å². The first-order valence-corrected chi connectivity index (χ1v) is 5.44. The van der Waals surface area contributed by atoms with E-state index in [9.17, 15) is 4.79 Å². The minimum Gasteiger partial charge on any atom is -0.488 e. The van der Waals surface area contributed by atoms with E-state index in [1.165, 1.54) is 12.1 Å². The van der Waals surface area contributed by atoms with Crippen LogP contribution in [0.4, 0.5) is 0 Å². The van der Waals surface area contributed by atoms with Gasteiger partial charge in [-0.05, 0) is 25.0 Å². The predicted molar refractivity (Wildman–Crippen MR) is 59.4 cm³/mol. The van der Waals surface area contributed by atoms with Crippen molar-refractivity contribution in [2.75, 3.05) is 0 Å². The van der Waals surface area contributed by atoms with Crippen LogP contribution in [0.1, 0.15) is 29.1 Å². The molecule has 5 nitrogen and oxygen atoms in total. The molecule has 1 N–H and O–H groups in total. The fourth-order valence-electron chi connectivity index (χ4n) is 1.69. The summed E-state index contributed by atoms with van der Waals surface area (Å²) in [5.41, 5.74) is 1.21. The number of carboxylic acid groups (broad SMARTS) is 1. The zero-order valence-electron chi connectivity index (χ0n) is 9.27. The van der Waals surface area contributed by atoms with Gasteiger partial charge in [0.15, 0.2) is 17.0 Å². The topological polar surface area (TPSA) is 72.6 Å². The molecule has 1 aromatic heterocycles. The van der Waals surface area contributed by atoms with Crippen molar-refractivity contribution in [2.45, 2.75) is 25.9 Å². The Labute approximate surface area is 97.0 Å². The zero-order chi connectivity index (χ0) is 12.0. The van der Waals surface area contributed by atoms with Crippen LogP contribution in [0.15, 0.2) is 16.5 Å². The average molecular weight is 233 g/mol. The molecule has 1 heterocycles. The number of ether oxygens (including phenoxy) is 1. The number of carbonyl (C=O) groups is 1. The van der Waals surface area contributed by atoms with E-state index < -0.39 is 5.97 Å². The van der Waals surface area contributed by atoms with Crippen LogP contribution in [-0.2, 0) is 0 Å². The Balaban J connectivity index is 2.16. The van der Waals surface area contributed by atoms with Gasteiger partial charge in [-0.15, -0.1) is 0 Å². The summed E-state index contributed by atoms with van der Waals surface area (Å²) in [7, 11) is 0. The molecule has 1 saturated carbocycles. The average Bonchev–Trinajstić information content (AvgIpc) is 2.98. The molecule has 1 aromatic carbocycles. The van der Waals surface area contributed by atoms with Crippen LogP contribution in [0.5, 0.6) is 5.75 Å². The fraction of sp³-hybridized carbons (Fsp3) is 0.333. The fourth-order valence-corrected chi connectivity index (χ4v) is 1.69. The molecule has 0 saturated heterocycles. The number of hydrogen-bond acceptors (Lipinski definition) is 4. The summed E-state index contributed by atoms with van der Waals surface area (Å²) in [4.78, 5) is 15.2. The van der Waals surface area contributed by atoms with Crippen molar-refractivity contribution in [3.05, 3.63) is 23.6 Å². The Morgan fingerprint density at radius 3 is 2.94 bits per heavy atom. The van der Waals surface area contributed by atoms with Crippen LogP contribution in [-0.4, -0.2) is 22.2 Å². The van der Waals surface area contributed by atoms with Gasteiger partial charge in [0.2, 0.25) is 0 Å². The Kier molecular flexibility index (Phi) is 2.07. The second-order valence-corrected chi connectivity index (χ2v) is 4.18. The SMILES string of the molecule is Cc1nc2c(OC3CC3)cc(C(=O)O)cc2o1. The molecule has 0 radical (unpaired) electrons. The summed E-state index contributed by atoms with van der Waals surface area (Å²) < 4.78 is 11.0. The summed E-state index contributed by atoms with van der Waals surface area (Å²) in [6, 6.07) is 2.97. The Hall–Kier alpha value is -2.04. The van der Waals surface area contributed by atoms with Crippen molar-refractivity contribution < 1.29 is 19.1 Å². The third kappa shape index (κ3) is 1.84. The van der Waals surface area contributed by atoms with E-state index >= 15 is 0 Å². The molecule has 2 aromatic rings. The third-order valence-electron chi connectivity index (χ3n) is 2.63. The minimum absolute atomic E-state index is 0.157. The molecule has 0 bridgehead atoms. The van der Waals surface area contributed by atoms with E-state index in [4.69, 9.17) is 14.3 Å². The van der Waals surface area contributed by atoms with Crippen molar-refractivity contribution in [3.63, 3.8) is 0 Å². The molecule has 0 unspecified atom stereocenters. The molecule has 3 rings (SSSR count). The molecule has 17 heavy (non-hydrogen) atoms. The van der Waals surface area contributed by atoms with Crippen molar-refractivity contribution in [3.8, 4) is 5.75 Å². The number of oxazole rings is 1. The van der Waals surface area contributed by atoms with Crippen LogP contribution in [0.25, 0.3) is 11.1 Å². The molecule has 88 valence electrons. The number of hydrogen-bond donors (Lipinski definition) is 1. The first-order valence-electron chi connectivity index (χ1n) is 5.44. The van der Waals surface area contributed by atoms with E-state index in [0.717, 1.165) is 12.8 Å². The van der Waals surface area contributed by atoms with Gasteiger partial charge in [-0.1, -0.05) is 0 Å². The van der Waals surface area contributed by atoms with Crippen LogP contribution in [0.2, 0.25) is 0 Å². The molecule has 0 amide bonds. The van der Waals surface area contributed by atoms with Crippen LogP contribution >= 0.6 is 0 Å². The number of fused-ring (bicyclic) bond motifs is 1. The molecule has 1 aliphatic rings. The molecule has 0 atom stereocenters. The van der Waals surface area contributed by atoms with Gasteiger partial charge >= 0.3 is 5.97 Å². The highest BCUT2D eigenvalue weighted by Gasteiger charge is 2.26. The van der Waals surface area contributed by atoms with Gasteiger partial charge in [-0.25, -0.2) is 9.78 Å². The van der Waals surface area contributed by atoms with Gasteiger partial charge < -0.3 is 14.3 Å². The van der Waals surface area contributed by atoms with Crippen molar-refractivity contribution >= 4 is 17.1 Å². The normalized spacial score (nSPS) is 15.1. The van der Waals surface area contributed by atoms with Gasteiger partial charge in [0.05, 0.1) is 11.7 Å². The van der Waals surface area contributed by atoms with Gasteiger partial charge in [0.25, 0.3) is 0 Å². The Morgan fingerprint density at radius 1 is 1.53 bits per heavy atom. The lowest BCUT2D eigenvalue weighted by Crippen LogP contribution is -2.01. The third-order valence-corrected chi connectivity index (χ3v) is 2.63. The highest BCUT2D eigenvalue weighted by Crippen LogP contribution is 2.33. The smallest absolute Gasteiger partial charge is 0.335 e. The summed E-state index contributed by atoms with van der Waals surface area (Å²) >= 11 is 0. The molecule has 0 aliphatic heterocycles. The lowest BCUT2D eigenvalue weighted by molar-refractivity contribution is 0.0696. The summed E-state index contributed by atoms with van der Waals surface area (Å²) in [5.74, 6) is 0.00374. The first kappa shape index (κ1) is 10.1. The van der Waals surface area contributed by atoms with E-state index in [0.29, 0.717) is 22.7 Å². The lowest BCUT2D eigenvalue weighted by atomic mass is 10.2. The molecule has 0 spiro atoms. The molecular weight excluding hydrogens is 222 g/mol. The monoisotopic (exact) mass is 233 g/mol. The standard InChI is InChI=1S/C12H11NO4/c1-6-13-11-9(16-6)4-7(12(14)15)5-10(11)17-8-2-3-8/h4-5,8H,2-3H2,1H3,(H,14,15). The van der Waals surface area contributed by atoms with E-state index in [1.54, 1.807) is 6.92 Å². The Morgan fingerprint density at radius 2 is 2.29 bits per heavy atom. The van der Waals surface area contributed by atoms with E-state index in [2.05, 4.69) is 4.98 Å². The molecule has 1 fully saturated rings. The van der Waals surface area contributed by atoms with Gasteiger partial charge in [0, 0.05) is 6.92 Å². The zero-order valence-corrected chi connectivity index (χ0v) is 9.27. The van der Waals surface area contributed by atoms with Gasteiger partial charge in [-0.3, -0.25) is 0 Å². The largest absolute Gasteiger partial charge is 0.488 e. The first-order chi connectivity index (χ1) is 8.13. The van der Waals surface area contributed by atoms with Crippen LogP contribution < -0.4 is 4.74 Å². The summed E-state index contributed by atoms with van der Waals surface area (Å²) in [6.45, 7) is 1.72. The maximum Gasteiger partial charge on any atom is 0.335 e. The van der Waals surface area contributed by atoms with Crippen molar-refractivity contribution in [1.29, 1.82) is 0 Å². The highest BCUT2D eigenvalue weighted by molar-refractivity contribution is 5.94. The minimum atomic E-state index is -0.999. The van der Waals surface area contributed by atoms with Gasteiger partial charge in [0.1, 0.15) is 5.75 Å². The molecule has 1 aliphatic carbocycles.